The normalized spacial score (nSPS) is 12.2. The summed E-state index contributed by atoms with van der Waals surface area (Å²) in [5.41, 5.74) is 3.92. The Labute approximate surface area is 125 Å². The van der Waals surface area contributed by atoms with Crippen LogP contribution in [-0.4, -0.2) is 11.1 Å². The highest BCUT2D eigenvalue weighted by Gasteiger charge is 2.19. The number of aryl methyl sites for hydroxylation is 1. The van der Waals surface area contributed by atoms with Gasteiger partial charge in [-0.25, -0.2) is 4.79 Å². The summed E-state index contributed by atoms with van der Waals surface area (Å²) < 4.78 is 0. The molecular weight excluding hydrogens is 262 g/mol. The number of hydrogen-bond acceptors (Lipinski definition) is 2. The van der Waals surface area contributed by atoms with Crippen molar-refractivity contribution in [3.8, 4) is 0 Å². The van der Waals surface area contributed by atoms with E-state index in [0.29, 0.717) is 5.92 Å². The lowest BCUT2D eigenvalue weighted by atomic mass is 9.99. The number of carboxylic acid groups (broad SMARTS) is 1. The molecule has 0 spiro atoms. The van der Waals surface area contributed by atoms with Crippen LogP contribution in [0.15, 0.2) is 48.5 Å². The molecular formula is C18H21NO2. The van der Waals surface area contributed by atoms with Crippen molar-refractivity contribution in [1.29, 1.82) is 0 Å². The van der Waals surface area contributed by atoms with Crippen LogP contribution in [0.25, 0.3) is 0 Å². The highest BCUT2D eigenvalue weighted by atomic mass is 16.4. The Balaban J connectivity index is 2.22. The van der Waals surface area contributed by atoms with Crippen molar-refractivity contribution in [2.24, 2.45) is 0 Å². The number of carbonyl (C=O) groups is 1. The molecule has 2 aromatic carbocycles. The summed E-state index contributed by atoms with van der Waals surface area (Å²) in [6, 6.07) is 14.7. The van der Waals surface area contributed by atoms with Gasteiger partial charge in [-0.3, -0.25) is 0 Å². The van der Waals surface area contributed by atoms with Crippen LogP contribution in [0.1, 0.15) is 42.5 Å². The van der Waals surface area contributed by atoms with Crippen molar-refractivity contribution in [2.45, 2.75) is 32.7 Å². The highest BCUT2D eigenvalue weighted by Crippen LogP contribution is 2.23. The van der Waals surface area contributed by atoms with Crippen molar-refractivity contribution in [2.75, 3.05) is 5.32 Å². The summed E-state index contributed by atoms with van der Waals surface area (Å²) in [6.07, 6.45) is 0. The number of rotatable bonds is 5. The van der Waals surface area contributed by atoms with Crippen LogP contribution in [0.2, 0.25) is 0 Å². The van der Waals surface area contributed by atoms with Gasteiger partial charge < -0.3 is 10.4 Å². The fraction of sp³-hybridized carbons (Fsp3) is 0.278. The summed E-state index contributed by atoms with van der Waals surface area (Å²) in [6.45, 7) is 6.24. The second kappa shape index (κ2) is 6.44. The molecule has 110 valence electrons. The van der Waals surface area contributed by atoms with Gasteiger partial charge in [0, 0.05) is 5.69 Å². The molecule has 0 radical (unpaired) electrons. The van der Waals surface area contributed by atoms with Gasteiger partial charge in [0.1, 0.15) is 0 Å². The molecule has 2 aromatic rings. The summed E-state index contributed by atoms with van der Waals surface area (Å²) >= 11 is 0. The first-order valence-corrected chi connectivity index (χ1v) is 7.13. The minimum Gasteiger partial charge on any atom is -0.479 e. The zero-order chi connectivity index (χ0) is 15.4. The van der Waals surface area contributed by atoms with Crippen LogP contribution in [0.3, 0.4) is 0 Å². The Morgan fingerprint density at radius 1 is 0.952 bits per heavy atom. The Hall–Kier alpha value is -2.29. The number of aliphatic carboxylic acids is 1. The molecule has 0 saturated carbocycles. The molecule has 0 aliphatic heterocycles. The number of nitrogens with one attached hydrogen (secondary N) is 1. The fourth-order valence-electron chi connectivity index (χ4n) is 2.18. The summed E-state index contributed by atoms with van der Waals surface area (Å²) in [5.74, 6) is -0.444. The van der Waals surface area contributed by atoms with E-state index >= 15 is 0 Å². The topological polar surface area (TPSA) is 49.3 Å². The van der Waals surface area contributed by atoms with Crippen LogP contribution >= 0.6 is 0 Å². The third-order valence-electron chi connectivity index (χ3n) is 3.55. The van der Waals surface area contributed by atoms with E-state index in [1.807, 2.05) is 55.5 Å². The number of benzene rings is 2. The van der Waals surface area contributed by atoms with Crippen LogP contribution in [-0.2, 0) is 4.79 Å². The van der Waals surface area contributed by atoms with Crippen molar-refractivity contribution >= 4 is 11.7 Å². The second-order valence-corrected chi connectivity index (χ2v) is 5.60. The molecule has 0 aliphatic rings. The number of carboxylic acids is 1. The lowest BCUT2D eigenvalue weighted by molar-refractivity contribution is -0.138. The SMILES string of the molecule is Cc1ccc(NC(C(=O)O)c2ccc(C(C)C)cc2)cc1. The lowest BCUT2D eigenvalue weighted by Gasteiger charge is -2.17. The molecule has 1 atom stereocenters. The van der Waals surface area contributed by atoms with Gasteiger partial charge in [-0.15, -0.1) is 0 Å². The van der Waals surface area contributed by atoms with Gasteiger partial charge in [0.05, 0.1) is 0 Å². The van der Waals surface area contributed by atoms with Crippen LogP contribution in [0, 0.1) is 6.92 Å². The molecule has 0 heterocycles. The minimum atomic E-state index is -0.882. The van der Waals surface area contributed by atoms with Crippen molar-refractivity contribution in [3.05, 3.63) is 65.2 Å². The Kier molecular flexibility index (Phi) is 4.63. The van der Waals surface area contributed by atoms with Crippen LogP contribution < -0.4 is 5.32 Å². The molecule has 21 heavy (non-hydrogen) atoms. The third-order valence-corrected chi connectivity index (χ3v) is 3.55. The van der Waals surface area contributed by atoms with Gasteiger partial charge in [-0.05, 0) is 36.1 Å². The number of hydrogen-bond donors (Lipinski definition) is 2. The van der Waals surface area contributed by atoms with Gasteiger partial charge in [0.25, 0.3) is 0 Å². The van der Waals surface area contributed by atoms with E-state index < -0.39 is 12.0 Å². The van der Waals surface area contributed by atoms with Gasteiger partial charge >= 0.3 is 5.97 Å². The molecule has 0 bridgehead atoms. The summed E-state index contributed by atoms with van der Waals surface area (Å²) in [5, 5.41) is 12.5. The van der Waals surface area contributed by atoms with E-state index in [1.54, 1.807) is 0 Å². The van der Waals surface area contributed by atoms with Gasteiger partial charge in [-0.1, -0.05) is 55.8 Å². The molecule has 3 heteroatoms. The average Bonchev–Trinajstić information content (AvgIpc) is 2.46. The van der Waals surface area contributed by atoms with E-state index in [1.165, 1.54) is 5.56 Å². The monoisotopic (exact) mass is 283 g/mol. The molecule has 1 unspecified atom stereocenters. The van der Waals surface area contributed by atoms with E-state index in [9.17, 15) is 9.90 Å². The predicted octanol–water partition coefficient (Wildman–Crippen LogP) is 4.36. The smallest absolute Gasteiger partial charge is 0.330 e. The predicted molar refractivity (Wildman–Crippen MR) is 85.7 cm³/mol. The second-order valence-electron chi connectivity index (χ2n) is 5.60. The van der Waals surface area contributed by atoms with Gasteiger partial charge in [-0.2, -0.15) is 0 Å². The zero-order valence-electron chi connectivity index (χ0n) is 12.6. The third kappa shape index (κ3) is 3.85. The minimum absolute atomic E-state index is 0.437. The van der Waals surface area contributed by atoms with Crippen LogP contribution in [0.4, 0.5) is 5.69 Å². The fourth-order valence-corrected chi connectivity index (χ4v) is 2.18. The van der Waals surface area contributed by atoms with Crippen molar-refractivity contribution in [1.82, 2.24) is 0 Å². The maximum Gasteiger partial charge on any atom is 0.330 e. The first-order chi connectivity index (χ1) is 9.97. The zero-order valence-corrected chi connectivity index (χ0v) is 12.6. The maximum atomic E-state index is 11.5. The molecule has 0 aliphatic carbocycles. The molecule has 3 nitrogen and oxygen atoms in total. The quantitative estimate of drug-likeness (QED) is 0.857. The maximum absolute atomic E-state index is 11.5. The van der Waals surface area contributed by atoms with Gasteiger partial charge in [0.15, 0.2) is 6.04 Å². The van der Waals surface area contributed by atoms with E-state index in [4.69, 9.17) is 0 Å². The average molecular weight is 283 g/mol. The Morgan fingerprint density at radius 3 is 1.95 bits per heavy atom. The van der Waals surface area contributed by atoms with E-state index in [-0.39, 0.29) is 0 Å². The molecule has 2 rings (SSSR count). The molecule has 0 amide bonds. The van der Waals surface area contributed by atoms with Crippen LogP contribution in [0.5, 0.6) is 0 Å². The highest BCUT2D eigenvalue weighted by molar-refractivity contribution is 5.79. The van der Waals surface area contributed by atoms with Crippen molar-refractivity contribution in [3.63, 3.8) is 0 Å². The molecule has 0 aromatic heterocycles. The standard InChI is InChI=1S/C18H21NO2/c1-12(2)14-6-8-15(9-7-14)17(18(20)21)19-16-10-4-13(3)5-11-16/h4-12,17,19H,1-3H3,(H,20,21). The Morgan fingerprint density at radius 2 is 1.48 bits per heavy atom. The largest absolute Gasteiger partial charge is 0.479 e. The van der Waals surface area contributed by atoms with Crippen molar-refractivity contribution < 1.29 is 9.90 Å². The first kappa shape index (κ1) is 15.1. The molecule has 2 N–H and O–H groups in total. The van der Waals surface area contributed by atoms with E-state index in [2.05, 4.69) is 19.2 Å². The first-order valence-electron chi connectivity index (χ1n) is 7.13. The summed E-state index contributed by atoms with van der Waals surface area (Å²) in [4.78, 5) is 11.5. The van der Waals surface area contributed by atoms with Gasteiger partial charge in [0.2, 0.25) is 0 Å². The molecule has 0 saturated heterocycles. The molecule has 0 fully saturated rings. The summed E-state index contributed by atoms with van der Waals surface area (Å²) in [7, 11) is 0. The Bertz CT molecular complexity index is 600. The van der Waals surface area contributed by atoms with E-state index in [0.717, 1.165) is 16.8 Å². The lowest BCUT2D eigenvalue weighted by Crippen LogP contribution is -2.20. The number of anilines is 1.